The van der Waals surface area contributed by atoms with E-state index in [1.165, 1.54) is 0 Å². The highest BCUT2D eigenvalue weighted by Gasteiger charge is 1.92. The van der Waals surface area contributed by atoms with Crippen LogP contribution >= 0.6 is 0 Å². The number of nitriles is 1. The SMILES string of the molecule is CC(C)NC(C)C.N#CO. The van der Waals surface area contributed by atoms with Gasteiger partial charge in [0.25, 0.3) is 6.26 Å². The van der Waals surface area contributed by atoms with Crippen molar-refractivity contribution in [3.63, 3.8) is 0 Å². The molecule has 0 bridgehead atoms. The van der Waals surface area contributed by atoms with Gasteiger partial charge in [-0.2, -0.15) is 5.26 Å². The quantitative estimate of drug-likeness (QED) is 0.573. The van der Waals surface area contributed by atoms with E-state index in [2.05, 4.69) is 33.0 Å². The van der Waals surface area contributed by atoms with Crippen molar-refractivity contribution in [3.05, 3.63) is 0 Å². The summed E-state index contributed by atoms with van der Waals surface area (Å²) in [6.07, 6.45) is 0.750. The van der Waals surface area contributed by atoms with Gasteiger partial charge in [0, 0.05) is 12.1 Å². The topological polar surface area (TPSA) is 56.0 Å². The third-order valence-electron chi connectivity index (χ3n) is 0.667. The minimum absolute atomic E-state index is 0.625. The van der Waals surface area contributed by atoms with Crippen molar-refractivity contribution in [2.75, 3.05) is 0 Å². The van der Waals surface area contributed by atoms with E-state index in [9.17, 15) is 0 Å². The van der Waals surface area contributed by atoms with Crippen LogP contribution in [-0.4, -0.2) is 17.2 Å². The second-order valence-electron chi connectivity index (χ2n) is 2.58. The minimum Gasteiger partial charge on any atom is -0.443 e. The van der Waals surface area contributed by atoms with Crippen molar-refractivity contribution in [3.8, 4) is 6.26 Å². The monoisotopic (exact) mass is 144 g/mol. The van der Waals surface area contributed by atoms with Crippen molar-refractivity contribution in [1.82, 2.24) is 5.32 Å². The van der Waals surface area contributed by atoms with E-state index in [-0.39, 0.29) is 0 Å². The highest BCUT2D eigenvalue weighted by Crippen LogP contribution is 1.80. The van der Waals surface area contributed by atoms with Gasteiger partial charge in [-0.15, -0.1) is 0 Å². The second kappa shape index (κ2) is 8.25. The predicted octanol–water partition coefficient (Wildman–Crippen LogP) is 1.23. The fourth-order valence-corrected chi connectivity index (χ4v) is 0.667. The number of rotatable bonds is 2. The molecule has 0 saturated heterocycles. The van der Waals surface area contributed by atoms with Gasteiger partial charge in [-0.25, -0.2) is 0 Å². The Labute approximate surface area is 62.7 Å². The Morgan fingerprint density at radius 3 is 1.40 bits per heavy atom. The van der Waals surface area contributed by atoms with Gasteiger partial charge in [0.05, 0.1) is 0 Å². The Balaban J connectivity index is 0. The van der Waals surface area contributed by atoms with Gasteiger partial charge in [-0.3, -0.25) is 0 Å². The summed E-state index contributed by atoms with van der Waals surface area (Å²) < 4.78 is 0. The van der Waals surface area contributed by atoms with E-state index < -0.39 is 0 Å². The van der Waals surface area contributed by atoms with Gasteiger partial charge in [-0.05, 0) is 0 Å². The van der Waals surface area contributed by atoms with Gasteiger partial charge < -0.3 is 10.4 Å². The molecule has 3 heteroatoms. The van der Waals surface area contributed by atoms with Crippen LogP contribution in [0.25, 0.3) is 0 Å². The van der Waals surface area contributed by atoms with Crippen LogP contribution in [0.3, 0.4) is 0 Å². The van der Waals surface area contributed by atoms with Crippen LogP contribution in [0.4, 0.5) is 0 Å². The lowest BCUT2D eigenvalue weighted by molar-refractivity contribution is 0.503. The van der Waals surface area contributed by atoms with Gasteiger partial charge in [0.15, 0.2) is 0 Å². The van der Waals surface area contributed by atoms with Crippen LogP contribution in [-0.2, 0) is 0 Å². The zero-order chi connectivity index (χ0) is 8.57. The molecule has 0 aromatic carbocycles. The molecule has 3 nitrogen and oxygen atoms in total. The Kier molecular flexibility index (Phi) is 9.88. The molecule has 0 amide bonds. The number of hydrogen-bond donors (Lipinski definition) is 2. The molecule has 0 aliphatic heterocycles. The van der Waals surface area contributed by atoms with Gasteiger partial charge >= 0.3 is 0 Å². The molecule has 0 heterocycles. The van der Waals surface area contributed by atoms with Crippen molar-refractivity contribution in [1.29, 1.82) is 5.26 Å². The fraction of sp³-hybridized carbons (Fsp3) is 0.857. The van der Waals surface area contributed by atoms with Crippen LogP contribution in [0.5, 0.6) is 0 Å². The molecule has 0 spiro atoms. The molecular formula is C7H16N2O. The molecule has 0 aromatic heterocycles. The predicted molar refractivity (Wildman–Crippen MR) is 41.0 cm³/mol. The van der Waals surface area contributed by atoms with Crippen molar-refractivity contribution in [2.45, 2.75) is 39.8 Å². The lowest BCUT2D eigenvalue weighted by Gasteiger charge is -2.10. The Morgan fingerprint density at radius 2 is 1.40 bits per heavy atom. The molecule has 10 heavy (non-hydrogen) atoms. The maximum atomic E-state index is 6.88. The molecule has 0 unspecified atom stereocenters. The summed E-state index contributed by atoms with van der Waals surface area (Å²) >= 11 is 0. The third-order valence-corrected chi connectivity index (χ3v) is 0.667. The molecule has 60 valence electrons. The van der Waals surface area contributed by atoms with Gasteiger partial charge in [0.1, 0.15) is 0 Å². The lowest BCUT2D eigenvalue weighted by Crippen LogP contribution is -2.29. The summed E-state index contributed by atoms with van der Waals surface area (Å²) in [5.74, 6) is 0. The zero-order valence-corrected chi connectivity index (χ0v) is 7.05. The molecule has 0 radical (unpaired) electrons. The highest BCUT2D eigenvalue weighted by atomic mass is 16.2. The molecular weight excluding hydrogens is 128 g/mol. The van der Waals surface area contributed by atoms with Crippen LogP contribution in [0.15, 0.2) is 0 Å². The van der Waals surface area contributed by atoms with E-state index in [1.54, 1.807) is 0 Å². The number of aliphatic hydroxyl groups is 1. The van der Waals surface area contributed by atoms with E-state index >= 15 is 0 Å². The molecule has 0 saturated carbocycles. The summed E-state index contributed by atoms with van der Waals surface area (Å²) in [5, 5.41) is 17.1. The average Bonchev–Trinajstić information content (AvgIpc) is 1.62. The maximum Gasteiger partial charge on any atom is 0.283 e. The van der Waals surface area contributed by atoms with Crippen molar-refractivity contribution < 1.29 is 5.11 Å². The Morgan fingerprint density at radius 1 is 1.20 bits per heavy atom. The molecule has 0 rings (SSSR count). The average molecular weight is 144 g/mol. The number of nitrogens with zero attached hydrogens (tertiary/aromatic N) is 1. The molecule has 0 aliphatic carbocycles. The number of nitrogens with one attached hydrogen (secondary N) is 1. The van der Waals surface area contributed by atoms with Crippen LogP contribution in [0.2, 0.25) is 0 Å². The number of aliphatic hydroxyl groups excluding tert-OH is 1. The first kappa shape index (κ1) is 12.0. The largest absolute Gasteiger partial charge is 0.443 e. The Bertz CT molecular complexity index is 88.3. The van der Waals surface area contributed by atoms with Gasteiger partial charge in [-0.1, -0.05) is 27.7 Å². The van der Waals surface area contributed by atoms with Crippen LogP contribution in [0.1, 0.15) is 27.7 Å². The van der Waals surface area contributed by atoms with Crippen LogP contribution < -0.4 is 5.32 Å². The Hall–Kier alpha value is -0.750. The molecule has 0 atom stereocenters. The molecule has 0 aliphatic rings. The van der Waals surface area contributed by atoms with E-state index in [4.69, 9.17) is 10.4 Å². The summed E-state index contributed by atoms with van der Waals surface area (Å²) in [6.45, 7) is 8.61. The van der Waals surface area contributed by atoms with Gasteiger partial charge in [0.2, 0.25) is 0 Å². The van der Waals surface area contributed by atoms with Crippen molar-refractivity contribution >= 4 is 0 Å². The summed E-state index contributed by atoms with van der Waals surface area (Å²) in [4.78, 5) is 0. The summed E-state index contributed by atoms with van der Waals surface area (Å²) in [5.41, 5.74) is 0. The third kappa shape index (κ3) is 26.8. The summed E-state index contributed by atoms with van der Waals surface area (Å²) in [6, 6.07) is 1.25. The molecule has 0 aromatic rings. The zero-order valence-electron chi connectivity index (χ0n) is 7.05. The van der Waals surface area contributed by atoms with Crippen LogP contribution in [0, 0.1) is 11.5 Å². The minimum atomic E-state index is 0.625. The van der Waals surface area contributed by atoms with E-state index in [0.29, 0.717) is 12.1 Å². The lowest BCUT2D eigenvalue weighted by atomic mass is 10.3. The maximum absolute atomic E-state index is 6.88. The first-order valence-corrected chi connectivity index (χ1v) is 3.33. The first-order chi connectivity index (χ1) is 4.54. The normalized spacial score (nSPS) is 8.50. The molecule has 2 N–H and O–H groups in total. The second-order valence-corrected chi connectivity index (χ2v) is 2.58. The van der Waals surface area contributed by atoms with E-state index in [1.807, 2.05) is 0 Å². The summed E-state index contributed by atoms with van der Waals surface area (Å²) in [7, 11) is 0. The van der Waals surface area contributed by atoms with E-state index in [0.717, 1.165) is 6.26 Å². The first-order valence-electron chi connectivity index (χ1n) is 3.33. The highest BCUT2D eigenvalue weighted by molar-refractivity contribution is 4.55. The molecule has 0 fully saturated rings. The fourth-order valence-electron chi connectivity index (χ4n) is 0.667. The van der Waals surface area contributed by atoms with Crippen molar-refractivity contribution in [2.24, 2.45) is 0 Å². The smallest absolute Gasteiger partial charge is 0.283 e. The standard InChI is InChI=1S/C6H15N.CHNO/c1-5(2)7-6(3)4;2-1-3/h5-7H,1-4H3;3H. The number of hydrogen-bond acceptors (Lipinski definition) is 3.